The van der Waals surface area contributed by atoms with Crippen molar-refractivity contribution in [2.75, 3.05) is 26.7 Å². The van der Waals surface area contributed by atoms with Crippen LogP contribution in [0.1, 0.15) is 5.56 Å². The second-order valence-electron chi connectivity index (χ2n) is 3.95. The number of benzene rings is 1. The standard InChI is InChI=1S/C14H19NO2/c1-3-11-17-14(16)12-15(2)10-9-13-7-5-4-6-8-13/h3-8H,1,9-12H2,2H3. The van der Waals surface area contributed by atoms with Crippen LogP contribution in [0.3, 0.4) is 0 Å². The lowest BCUT2D eigenvalue weighted by Gasteiger charge is -2.15. The summed E-state index contributed by atoms with van der Waals surface area (Å²) < 4.78 is 4.92. The van der Waals surface area contributed by atoms with Gasteiger partial charge in [-0.25, -0.2) is 0 Å². The van der Waals surface area contributed by atoms with Crippen molar-refractivity contribution in [3.8, 4) is 0 Å². The summed E-state index contributed by atoms with van der Waals surface area (Å²) in [6.45, 7) is 4.94. The molecule has 0 aliphatic carbocycles. The fourth-order valence-corrected chi connectivity index (χ4v) is 1.46. The molecule has 3 heteroatoms. The summed E-state index contributed by atoms with van der Waals surface area (Å²) in [6, 6.07) is 10.2. The Morgan fingerprint density at radius 1 is 1.41 bits per heavy atom. The quantitative estimate of drug-likeness (QED) is 0.532. The van der Waals surface area contributed by atoms with Crippen molar-refractivity contribution >= 4 is 5.97 Å². The molecule has 0 aliphatic rings. The van der Waals surface area contributed by atoms with Crippen LogP contribution in [0, 0.1) is 0 Å². The van der Waals surface area contributed by atoms with Gasteiger partial charge >= 0.3 is 5.97 Å². The van der Waals surface area contributed by atoms with Crippen LogP contribution in [-0.2, 0) is 16.0 Å². The minimum atomic E-state index is -0.208. The molecule has 0 atom stereocenters. The van der Waals surface area contributed by atoms with E-state index in [-0.39, 0.29) is 12.6 Å². The third-order valence-corrected chi connectivity index (χ3v) is 2.39. The third kappa shape index (κ3) is 5.88. The molecule has 0 heterocycles. The molecule has 0 spiro atoms. The molecule has 0 aliphatic heterocycles. The zero-order chi connectivity index (χ0) is 12.5. The zero-order valence-electron chi connectivity index (χ0n) is 10.3. The van der Waals surface area contributed by atoms with E-state index in [2.05, 4.69) is 18.7 Å². The number of carbonyl (C=O) groups excluding carboxylic acids is 1. The van der Waals surface area contributed by atoms with Gasteiger partial charge in [-0.1, -0.05) is 43.0 Å². The van der Waals surface area contributed by atoms with Crippen molar-refractivity contribution < 1.29 is 9.53 Å². The lowest BCUT2D eigenvalue weighted by Crippen LogP contribution is -2.29. The van der Waals surface area contributed by atoms with Gasteiger partial charge in [0.15, 0.2) is 0 Å². The Kier molecular flexibility index (Phi) is 6.04. The van der Waals surface area contributed by atoms with Crippen molar-refractivity contribution in [2.24, 2.45) is 0 Å². The van der Waals surface area contributed by atoms with E-state index in [0.717, 1.165) is 13.0 Å². The van der Waals surface area contributed by atoms with Crippen LogP contribution in [0.25, 0.3) is 0 Å². The van der Waals surface area contributed by atoms with E-state index in [1.807, 2.05) is 30.1 Å². The number of hydrogen-bond donors (Lipinski definition) is 0. The summed E-state index contributed by atoms with van der Waals surface area (Å²) >= 11 is 0. The molecule has 0 amide bonds. The van der Waals surface area contributed by atoms with E-state index < -0.39 is 0 Å². The molecule has 0 unspecified atom stereocenters. The van der Waals surface area contributed by atoms with Crippen molar-refractivity contribution in [1.29, 1.82) is 0 Å². The number of carbonyl (C=O) groups is 1. The second kappa shape index (κ2) is 7.63. The first-order chi connectivity index (χ1) is 8.22. The highest BCUT2D eigenvalue weighted by atomic mass is 16.5. The number of hydrogen-bond acceptors (Lipinski definition) is 3. The third-order valence-electron chi connectivity index (χ3n) is 2.39. The molecule has 3 nitrogen and oxygen atoms in total. The molecule has 0 aromatic heterocycles. The number of ether oxygens (including phenoxy) is 1. The number of esters is 1. The topological polar surface area (TPSA) is 29.5 Å². The van der Waals surface area contributed by atoms with Gasteiger partial charge in [-0.05, 0) is 19.0 Å². The largest absolute Gasteiger partial charge is 0.461 e. The summed E-state index contributed by atoms with van der Waals surface area (Å²) in [7, 11) is 1.91. The summed E-state index contributed by atoms with van der Waals surface area (Å²) in [5.41, 5.74) is 1.28. The van der Waals surface area contributed by atoms with Gasteiger partial charge in [0.25, 0.3) is 0 Å². The fraction of sp³-hybridized carbons (Fsp3) is 0.357. The molecule has 1 aromatic rings. The Balaban J connectivity index is 2.23. The van der Waals surface area contributed by atoms with Gasteiger partial charge in [0, 0.05) is 6.54 Å². The van der Waals surface area contributed by atoms with Crippen LogP contribution >= 0.6 is 0 Å². The van der Waals surface area contributed by atoms with E-state index in [9.17, 15) is 4.79 Å². The summed E-state index contributed by atoms with van der Waals surface area (Å²) in [6.07, 6.45) is 2.51. The van der Waals surface area contributed by atoms with E-state index in [1.165, 1.54) is 5.56 Å². The van der Waals surface area contributed by atoms with E-state index in [0.29, 0.717) is 6.54 Å². The maximum absolute atomic E-state index is 11.3. The van der Waals surface area contributed by atoms with Crippen molar-refractivity contribution in [1.82, 2.24) is 4.90 Å². The van der Waals surface area contributed by atoms with Crippen LogP contribution < -0.4 is 0 Å². The van der Waals surface area contributed by atoms with Gasteiger partial charge in [-0.2, -0.15) is 0 Å². The zero-order valence-corrected chi connectivity index (χ0v) is 10.3. The Morgan fingerprint density at radius 2 is 2.12 bits per heavy atom. The molecular formula is C14H19NO2. The van der Waals surface area contributed by atoms with Crippen molar-refractivity contribution in [2.45, 2.75) is 6.42 Å². The number of likely N-dealkylation sites (N-methyl/N-ethyl adjacent to an activating group) is 1. The normalized spacial score (nSPS) is 10.2. The van der Waals surface area contributed by atoms with Crippen molar-refractivity contribution in [3.05, 3.63) is 48.6 Å². The predicted molar refractivity (Wildman–Crippen MR) is 68.8 cm³/mol. The average Bonchev–Trinajstić information content (AvgIpc) is 2.35. The number of nitrogens with zero attached hydrogens (tertiary/aromatic N) is 1. The van der Waals surface area contributed by atoms with Crippen LogP contribution in [0.4, 0.5) is 0 Å². The molecule has 0 fully saturated rings. The molecule has 0 radical (unpaired) electrons. The Morgan fingerprint density at radius 3 is 2.76 bits per heavy atom. The molecule has 0 saturated carbocycles. The lowest BCUT2D eigenvalue weighted by atomic mass is 10.1. The highest BCUT2D eigenvalue weighted by Crippen LogP contribution is 2.00. The van der Waals surface area contributed by atoms with Crippen LogP contribution in [0.2, 0.25) is 0 Å². The van der Waals surface area contributed by atoms with Gasteiger partial charge in [0.2, 0.25) is 0 Å². The average molecular weight is 233 g/mol. The van der Waals surface area contributed by atoms with Gasteiger partial charge in [-0.3, -0.25) is 9.69 Å². The molecule has 0 bridgehead atoms. The number of rotatable bonds is 7. The minimum absolute atomic E-state index is 0.208. The molecule has 0 N–H and O–H groups in total. The first-order valence-corrected chi connectivity index (χ1v) is 5.71. The molecule has 0 saturated heterocycles. The van der Waals surface area contributed by atoms with E-state index in [4.69, 9.17) is 4.74 Å². The highest BCUT2D eigenvalue weighted by Gasteiger charge is 2.06. The monoisotopic (exact) mass is 233 g/mol. The van der Waals surface area contributed by atoms with Crippen molar-refractivity contribution in [3.63, 3.8) is 0 Å². The maximum atomic E-state index is 11.3. The first kappa shape index (κ1) is 13.5. The lowest BCUT2D eigenvalue weighted by molar-refractivity contribution is -0.143. The minimum Gasteiger partial charge on any atom is -0.461 e. The summed E-state index contributed by atoms with van der Waals surface area (Å²) in [5, 5.41) is 0. The SMILES string of the molecule is C=CCOC(=O)CN(C)CCc1ccccc1. The van der Waals surface area contributed by atoms with E-state index in [1.54, 1.807) is 6.08 Å². The van der Waals surface area contributed by atoms with E-state index >= 15 is 0 Å². The van der Waals surface area contributed by atoms with Gasteiger partial charge < -0.3 is 4.74 Å². The maximum Gasteiger partial charge on any atom is 0.320 e. The van der Waals surface area contributed by atoms with Crippen LogP contribution in [0.15, 0.2) is 43.0 Å². The molecule has 92 valence electrons. The molecular weight excluding hydrogens is 214 g/mol. The summed E-state index contributed by atoms with van der Waals surface area (Å²) in [5.74, 6) is -0.208. The Labute approximate surface area is 103 Å². The fourth-order valence-electron chi connectivity index (χ4n) is 1.46. The van der Waals surface area contributed by atoms with Gasteiger partial charge in [0.05, 0.1) is 6.54 Å². The van der Waals surface area contributed by atoms with Gasteiger partial charge in [0.1, 0.15) is 6.61 Å². The predicted octanol–water partition coefficient (Wildman–Crippen LogP) is 1.89. The first-order valence-electron chi connectivity index (χ1n) is 5.71. The molecule has 1 rings (SSSR count). The second-order valence-corrected chi connectivity index (χ2v) is 3.95. The van der Waals surface area contributed by atoms with Crippen LogP contribution in [0.5, 0.6) is 0 Å². The Bertz CT molecular complexity index is 348. The Hall–Kier alpha value is -1.61. The molecule has 17 heavy (non-hydrogen) atoms. The molecule has 1 aromatic carbocycles. The van der Waals surface area contributed by atoms with Crippen LogP contribution in [-0.4, -0.2) is 37.6 Å². The summed E-state index contributed by atoms with van der Waals surface area (Å²) in [4.78, 5) is 13.3. The smallest absolute Gasteiger partial charge is 0.320 e. The highest BCUT2D eigenvalue weighted by molar-refractivity contribution is 5.71. The van der Waals surface area contributed by atoms with Gasteiger partial charge in [-0.15, -0.1) is 0 Å².